The molecule has 0 bridgehead atoms. The van der Waals surface area contributed by atoms with Crippen LogP contribution in [0.3, 0.4) is 0 Å². The third-order valence-electron chi connectivity index (χ3n) is 4.61. The molecule has 2 rings (SSSR count). The first-order valence-electron chi connectivity index (χ1n) is 11.4. The van der Waals surface area contributed by atoms with Crippen LogP contribution in [0.15, 0.2) is 96.6 Å². The summed E-state index contributed by atoms with van der Waals surface area (Å²) in [5.41, 5.74) is 8.22. The molecule has 0 saturated heterocycles. The Morgan fingerprint density at radius 2 is 1.50 bits per heavy atom. The highest BCUT2D eigenvalue weighted by Crippen LogP contribution is 2.30. The van der Waals surface area contributed by atoms with Crippen LogP contribution in [0.5, 0.6) is 0 Å². The maximum Gasteiger partial charge on any atom is -0.00202 e. The van der Waals surface area contributed by atoms with Gasteiger partial charge in [-0.3, -0.25) is 0 Å². The maximum absolute atomic E-state index is 3.87. The molecule has 0 atom stereocenters. The summed E-state index contributed by atoms with van der Waals surface area (Å²) >= 11 is 0. The zero-order valence-electron chi connectivity index (χ0n) is 20.3. The van der Waals surface area contributed by atoms with E-state index in [9.17, 15) is 0 Å². The molecule has 30 heavy (non-hydrogen) atoms. The average molecular weight is 403 g/mol. The number of allylic oxidation sites excluding steroid dienone is 7. The van der Waals surface area contributed by atoms with Gasteiger partial charge in [0.05, 0.1) is 0 Å². The van der Waals surface area contributed by atoms with Crippen molar-refractivity contribution in [3.8, 4) is 0 Å². The summed E-state index contributed by atoms with van der Waals surface area (Å²) in [5.74, 6) is 0. The molecule has 0 aliphatic rings. The van der Waals surface area contributed by atoms with Crippen molar-refractivity contribution in [1.29, 1.82) is 0 Å². The molecule has 0 nitrogen and oxygen atoms in total. The van der Waals surface area contributed by atoms with E-state index in [0.717, 1.165) is 19.3 Å². The van der Waals surface area contributed by atoms with E-state index in [-0.39, 0.29) is 0 Å². The lowest BCUT2D eigenvalue weighted by Crippen LogP contribution is -1.98. The highest BCUT2D eigenvalue weighted by Gasteiger charge is 2.11. The minimum atomic E-state index is 0.961. The number of hydrogen-bond donors (Lipinski definition) is 0. The van der Waals surface area contributed by atoms with E-state index in [2.05, 4.69) is 100 Å². The summed E-state index contributed by atoms with van der Waals surface area (Å²) in [5, 5.41) is 0. The average Bonchev–Trinajstić information content (AvgIpc) is 2.80. The largest absolute Gasteiger partial charge is 0.0991 e. The van der Waals surface area contributed by atoms with E-state index >= 15 is 0 Å². The third kappa shape index (κ3) is 9.74. The van der Waals surface area contributed by atoms with E-state index in [4.69, 9.17) is 0 Å². The summed E-state index contributed by atoms with van der Waals surface area (Å²) in [6, 6.07) is 19.7. The van der Waals surface area contributed by atoms with Gasteiger partial charge in [0.1, 0.15) is 0 Å². The van der Waals surface area contributed by atoms with Crippen LogP contribution in [0.4, 0.5) is 0 Å². The minimum absolute atomic E-state index is 0.961. The lowest BCUT2D eigenvalue weighted by Gasteiger charge is -2.17. The van der Waals surface area contributed by atoms with Crippen LogP contribution in [-0.4, -0.2) is 0 Å². The zero-order chi connectivity index (χ0) is 22.8. The van der Waals surface area contributed by atoms with E-state index in [1.807, 2.05) is 33.8 Å². The molecule has 0 unspecified atom stereocenters. The normalized spacial score (nSPS) is 11.6. The molecule has 0 aliphatic heterocycles. The Hall–Kier alpha value is -2.60. The monoisotopic (exact) mass is 402 g/mol. The fourth-order valence-corrected chi connectivity index (χ4v) is 3.22. The van der Waals surface area contributed by atoms with Crippen LogP contribution in [0.1, 0.15) is 71.1 Å². The second kappa shape index (κ2) is 17.3. The van der Waals surface area contributed by atoms with E-state index in [1.165, 1.54) is 33.4 Å². The summed E-state index contributed by atoms with van der Waals surface area (Å²) < 4.78 is 0. The van der Waals surface area contributed by atoms with Crippen LogP contribution in [-0.2, 0) is 6.42 Å². The summed E-state index contributed by atoms with van der Waals surface area (Å²) in [7, 11) is 0. The second-order valence-electron chi connectivity index (χ2n) is 6.62. The summed E-state index contributed by atoms with van der Waals surface area (Å²) in [6.07, 6.45) is 11.3. The molecule has 0 aromatic heterocycles. The Morgan fingerprint density at radius 3 is 2.00 bits per heavy atom. The summed E-state index contributed by atoms with van der Waals surface area (Å²) in [6.45, 7) is 18.3. The van der Waals surface area contributed by atoms with Gasteiger partial charge in [-0.05, 0) is 55.4 Å². The molecule has 2 aromatic rings. The first kappa shape index (κ1) is 27.4. The van der Waals surface area contributed by atoms with Gasteiger partial charge in [-0.1, -0.05) is 131 Å². The molecule has 0 aliphatic carbocycles. The predicted molar refractivity (Wildman–Crippen MR) is 139 cm³/mol. The van der Waals surface area contributed by atoms with Gasteiger partial charge in [-0.15, -0.1) is 0 Å². The molecule has 0 radical (unpaired) electrons. The Labute approximate surface area is 186 Å². The Balaban J connectivity index is 0.00000198. The fraction of sp³-hybridized carbons (Fsp3) is 0.333. The Kier molecular flexibility index (Phi) is 15.8. The quantitative estimate of drug-likeness (QED) is 0.385. The summed E-state index contributed by atoms with van der Waals surface area (Å²) in [4.78, 5) is 0. The van der Waals surface area contributed by atoms with Gasteiger partial charge in [-0.2, -0.15) is 0 Å². The van der Waals surface area contributed by atoms with Gasteiger partial charge >= 0.3 is 0 Å². The van der Waals surface area contributed by atoms with Gasteiger partial charge in [0.2, 0.25) is 0 Å². The number of rotatable bonds is 8. The van der Waals surface area contributed by atoms with Crippen molar-refractivity contribution in [1.82, 2.24) is 0 Å². The van der Waals surface area contributed by atoms with Crippen molar-refractivity contribution >= 4 is 5.57 Å². The molecule has 0 amide bonds. The molecule has 0 spiro atoms. The number of hydrogen-bond acceptors (Lipinski definition) is 0. The topological polar surface area (TPSA) is 0 Å². The SMILES string of the molecule is C=C/C=C(\C=C/C)C/C(CC)=C(/Cc1ccccc1)c1ccc(C)cc1.CC.CC. The second-order valence-corrected chi connectivity index (χ2v) is 6.62. The van der Waals surface area contributed by atoms with Gasteiger partial charge in [0, 0.05) is 0 Å². The minimum Gasteiger partial charge on any atom is -0.0991 e. The third-order valence-corrected chi connectivity index (χ3v) is 4.61. The van der Waals surface area contributed by atoms with Crippen LogP contribution < -0.4 is 0 Å². The van der Waals surface area contributed by atoms with Crippen LogP contribution in [0.25, 0.3) is 5.57 Å². The smallest absolute Gasteiger partial charge is 0.00202 e. The van der Waals surface area contributed by atoms with Gasteiger partial charge in [0.15, 0.2) is 0 Å². The standard InChI is InChI=1S/C26H30.2C2H6/c1-5-11-22(12-6-2)19-24(7-3)26(20-23-13-9-8-10-14-23)25-17-15-21(4)16-18-25;2*1-2/h5-6,8-18H,1,7,19-20H2,2-4H3;2*1-2H3/b12-6-,22-11+,26-24-;;. The predicted octanol–water partition coefficient (Wildman–Crippen LogP) is 9.53. The molecule has 0 N–H and O–H groups in total. The fourth-order valence-electron chi connectivity index (χ4n) is 3.22. The van der Waals surface area contributed by atoms with Crippen molar-refractivity contribution in [3.05, 3.63) is 113 Å². The van der Waals surface area contributed by atoms with Crippen molar-refractivity contribution < 1.29 is 0 Å². The lowest BCUT2D eigenvalue weighted by atomic mass is 9.88. The molecular weight excluding hydrogens is 360 g/mol. The van der Waals surface area contributed by atoms with E-state index < -0.39 is 0 Å². The molecule has 2 aromatic carbocycles. The van der Waals surface area contributed by atoms with Gasteiger partial charge in [0.25, 0.3) is 0 Å². The van der Waals surface area contributed by atoms with Crippen molar-refractivity contribution in [2.75, 3.05) is 0 Å². The molecule has 0 fully saturated rings. The number of aryl methyl sites for hydroxylation is 1. The van der Waals surface area contributed by atoms with E-state index in [0.29, 0.717) is 0 Å². The van der Waals surface area contributed by atoms with E-state index in [1.54, 1.807) is 0 Å². The first-order valence-corrected chi connectivity index (χ1v) is 11.4. The van der Waals surface area contributed by atoms with Crippen LogP contribution in [0.2, 0.25) is 0 Å². The highest BCUT2D eigenvalue weighted by atomic mass is 14.2. The molecule has 162 valence electrons. The molecule has 0 heterocycles. The van der Waals surface area contributed by atoms with Gasteiger partial charge < -0.3 is 0 Å². The van der Waals surface area contributed by atoms with Crippen LogP contribution >= 0.6 is 0 Å². The first-order chi connectivity index (χ1) is 14.7. The zero-order valence-corrected chi connectivity index (χ0v) is 20.3. The molecular formula is C30H42. The molecule has 0 heteroatoms. The Bertz CT molecular complexity index is 784. The molecule has 0 saturated carbocycles. The van der Waals surface area contributed by atoms with Crippen LogP contribution in [0, 0.1) is 6.92 Å². The van der Waals surface area contributed by atoms with Gasteiger partial charge in [-0.25, -0.2) is 0 Å². The lowest BCUT2D eigenvalue weighted by molar-refractivity contribution is 0.997. The highest BCUT2D eigenvalue weighted by molar-refractivity contribution is 5.71. The van der Waals surface area contributed by atoms with Crippen molar-refractivity contribution in [2.45, 2.75) is 67.7 Å². The van der Waals surface area contributed by atoms with Crippen molar-refractivity contribution in [3.63, 3.8) is 0 Å². The number of benzene rings is 2. The maximum atomic E-state index is 3.87. The Morgan fingerprint density at radius 1 is 0.900 bits per heavy atom. The van der Waals surface area contributed by atoms with Crippen molar-refractivity contribution in [2.24, 2.45) is 0 Å².